The molecule has 3 unspecified atom stereocenters. The highest BCUT2D eigenvalue weighted by atomic mass is 16.6. The molecule has 1 aliphatic rings. The Hall–Kier alpha value is -1.80. The van der Waals surface area contributed by atoms with Gasteiger partial charge in [-0.25, -0.2) is 9.59 Å². The fourth-order valence-electron chi connectivity index (χ4n) is 1.17. The van der Waals surface area contributed by atoms with Crippen LogP contribution in [0.3, 0.4) is 0 Å². The van der Waals surface area contributed by atoms with Gasteiger partial charge in [-0.1, -0.05) is 0 Å². The van der Waals surface area contributed by atoms with E-state index in [1.807, 2.05) is 0 Å². The third kappa shape index (κ3) is 2.66. The quantitative estimate of drug-likeness (QED) is 0.476. The molecule has 17 heavy (non-hydrogen) atoms. The van der Waals surface area contributed by atoms with Crippen molar-refractivity contribution in [2.45, 2.75) is 25.2 Å². The summed E-state index contributed by atoms with van der Waals surface area (Å²) >= 11 is 0. The molecular formula is C9H11NO7. The Morgan fingerprint density at radius 1 is 1.53 bits per heavy atom. The molecule has 3 N–H and O–H groups in total. The van der Waals surface area contributed by atoms with Crippen LogP contribution in [-0.2, 0) is 19.1 Å². The number of carbonyl (C=O) groups excluding carboxylic acids is 2. The lowest BCUT2D eigenvalue weighted by molar-refractivity contribution is -0.147. The van der Waals surface area contributed by atoms with Crippen molar-refractivity contribution in [3.63, 3.8) is 0 Å². The van der Waals surface area contributed by atoms with Crippen molar-refractivity contribution in [3.05, 3.63) is 0 Å². The van der Waals surface area contributed by atoms with Gasteiger partial charge in [0.15, 0.2) is 11.8 Å². The minimum absolute atomic E-state index is 0.655. The Bertz CT molecular complexity index is 389. The van der Waals surface area contributed by atoms with Crippen molar-refractivity contribution >= 4 is 23.4 Å². The summed E-state index contributed by atoms with van der Waals surface area (Å²) in [5.41, 5.74) is -0.655. The number of ketones is 1. The van der Waals surface area contributed by atoms with Gasteiger partial charge in [-0.05, 0) is 6.92 Å². The van der Waals surface area contributed by atoms with E-state index in [4.69, 9.17) is 10.2 Å². The maximum absolute atomic E-state index is 11.5. The van der Waals surface area contributed by atoms with Gasteiger partial charge in [0.1, 0.15) is 12.1 Å². The van der Waals surface area contributed by atoms with E-state index in [-0.39, 0.29) is 0 Å². The average molecular weight is 245 g/mol. The Labute approximate surface area is 95.5 Å². The van der Waals surface area contributed by atoms with E-state index in [1.165, 1.54) is 6.92 Å². The lowest BCUT2D eigenvalue weighted by Crippen LogP contribution is -2.36. The third-order valence-corrected chi connectivity index (χ3v) is 2.14. The second-order valence-electron chi connectivity index (χ2n) is 3.43. The van der Waals surface area contributed by atoms with Gasteiger partial charge >= 0.3 is 11.9 Å². The molecule has 1 fully saturated rings. The Morgan fingerprint density at radius 3 is 2.59 bits per heavy atom. The number of esters is 1. The average Bonchev–Trinajstić information content (AvgIpc) is 2.55. The molecular weight excluding hydrogens is 234 g/mol. The van der Waals surface area contributed by atoms with E-state index >= 15 is 0 Å². The Kier molecular flexibility index (Phi) is 3.92. The number of ether oxygens (including phenoxy) is 1. The van der Waals surface area contributed by atoms with Crippen molar-refractivity contribution in [3.8, 4) is 0 Å². The molecule has 1 rings (SSSR count). The van der Waals surface area contributed by atoms with Gasteiger partial charge in [-0.15, -0.1) is 0 Å². The molecule has 1 aliphatic heterocycles. The minimum Gasteiger partial charge on any atom is -0.480 e. The van der Waals surface area contributed by atoms with Crippen molar-refractivity contribution in [2.75, 3.05) is 6.61 Å². The summed E-state index contributed by atoms with van der Waals surface area (Å²) < 4.78 is 4.50. The molecule has 3 atom stereocenters. The molecule has 1 heterocycles. The number of cyclic esters (lactones) is 1. The number of aliphatic carboxylic acids is 1. The standard InChI is InChI=1S/C9H11NO7/c1-3(8(14)15)10-5-6(13)7(4(12)2-11)17-9(5)16/h3-4,7,11-12H,2H2,1H3,(H,14,15). The molecule has 0 aromatic rings. The lowest BCUT2D eigenvalue weighted by atomic mass is 10.1. The number of rotatable bonds is 4. The molecule has 0 radical (unpaired) electrons. The monoisotopic (exact) mass is 245 g/mol. The number of Topliss-reactive ketones (excluding diaryl/α,β-unsaturated/α-hetero) is 1. The minimum atomic E-state index is -1.54. The van der Waals surface area contributed by atoms with Crippen LogP contribution in [0, 0.1) is 0 Å². The number of aliphatic hydroxyl groups is 2. The summed E-state index contributed by atoms with van der Waals surface area (Å²) in [6.45, 7) is 0.428. The first kappa shape index (κ1) is 13.3. The van der Waals surface area contributed by atoms with Gasteiger partial charge in [0.25, 0.3) is 0 Å². The summed E-state index contributed by atoms with van der Waals surface area (Å²) in [6.07, 6.45) is -3.06. The van der Waals surface area contributed by atoms with E-state index in [0.717, 1.165) is 0 Å². The van der Waals surface area contributed by atoms with Crippen LogP contribution in [0.5, 0.6) is 0 Å². The molecule has 8 heteroatoms. The van der Waals surface area contributed by atoms with Crippen LogP contribution in [0.4, 0.5) is 0 Å². The maximum Gasteiger partial charge on any atom is 0.361 e. The van der Waals surface area contributed by atoms with Crippen LogP contribution in [-0.4, -0.2) is 63.6 Å². The van der Waals surface area contributed by atoms with Crippen molar-refractivity contribution in [2.24, 2.45) is 4.99 Å². The SMILES string of the molecule is CC(N=C1C(=O)OC(C(O)CO)C1=O)C(=O)O. The molecule has 0 aliphatic carbocycles. The first-order chi connectivity index (χ1) is 7.88. The Balaban J connectivity index is 2.93. The van der Waals surface area contributed by atoms with Gasteiger partial charge in [-0.2, -0.15) is 0 Å². The molecule has 0 saturated carbocycles. The zero-order valence-electron chi connectivity index (χ0n) is 8.86. The first-order valence-corrected chi connectivity index (χ1v) is 4.73. The van der Waals surface area contributed by atoms with Crippen molar-refractivity contribution in [1.29, 1.82) is 0 Å². The summed E-state index contributed by atoms with van der Waals surface area (Å²) in [5.74, 6) is -3.32. The van der Waals surface area contributed by atoms with E-state index in [9.17, 15) is 19.5 Å². The normalized spacial score (nSPS) is 25.8. The number of nitrogens with zero attached hydrogens (tertiary/aromatic N) is 1. The highest BCUT2D eigenvalue weighted by Gasteiger charge is 2.44. The summed E-state index contributed by atoms with van der Waals surface area (Å²) in [6, 6.07) is -1.27. The van der Waals surface area contributed by atoms with Crippen molar-refractivity contribution < 1.29 is 34.4 Å². The molecule has 0 amide bonds. The first-order valence-electron chi connectivity index (χ1n) is 4.73. The van der Waals surface area contributed by atoms with Gasteiger partial charge in [0.2, 0.25) is 5.78 Å². The van der Waals surface area contributed by atoms with Gasteiger partial charge < -0.3 is 20.1 Å². The molecule has 0 aromatic heterocycles. The second kappa shape index (κ2) is 5.02. The highest BCUT2D eigenvalue weighted by molar-refractivity contribution is 6.68. The van der Waals surface area contributed by atoms with Crippen LogP contribution in [0.1, 0.15) is 6.92 Å². The topological polar surface area (TPSA) is 133 Å². The second-order valence-corrected chi connectivity index (χ2v) is 3.43. The zero-order chi connectivity index (χ0) is 13.2. The highest BCUT2D eigenvalue weighted by Crippen LogP contribution is 2.13. The van der Waals surface area contributed by atoms with Crippen LogP contribution in [0.25, 0.3) is 0 Å². The van der Waals surface area contributed by atoms with Gasteiger partial charge in [0, 0.05) is 0 Å². The molecule has 0 bridgehead atoms. The summed E-state index contributed by atoms with van der Waals surface area (Å²) in [7, 11) is 0. The molecule has 0 aromatic carbocycles. The number of hydrogen-bond donors (Lipinski definition) is 3. The zero-order valence-corrected chi connectivity index (χ0v) is 8.86. The number of aliphatic imine (C=N–C) groups is 1. The van der Waals surface area contributed by atoms with Crippen LogP contribution in [0.15, 0.2) is 4.99 Å². The fraction of sp³-hybridized carbons (Fsp3) is 0.556. The third-order valence-electron chi connectivity index (χ3n) is 2.14. The molecule has 8 nitrogen and oxygen atoms in total. The number of hydrogen-bond acceptors (Lipinski definition) is 7. The van der Waals surface area contributed by atoms with Gasteiger partial charge in [0.05, 0.1) is 6.61 Å². The van der Waals surface area contributed by atoms with E-state index < -0.39 is 48.3 Å². The predicted molar refractivity (Wildman–Crippen MR) is 52.5 cm³/mol. The van der Waals surface area contributed by atoms with E-state index in [0.29, 0.717) is 0 Å². The number of aliphatic hydroxyl groups excluding tert-OH is 2. The van der Waals surface area contributed by atoms with E-state index in [2.05, 4.69) is 9.73 Å². The smallest absolute Gasteiger partial charge is 0.361 e. The molecule has 0 spiro atoms. The summed E-state index contributed by atoms with van der Waals surface area (Å²) in [5, 5.41) is 26.4. The number of carboxylic acid groups (broad SMARTS) is 1. The fourth-order valence-corrected chi connectivity index (χ4v) is 1.17. The predicted octanol–water partition coefficient (Wildman–Crippen LogP) is -2.25. The number of carboxylic acids is 1. The van der Waals surface area contributed by atoms with Crippen LogP contribution in [0.2, 0.25) is 0 Å². The lowest BCUT2D eigenvalue weighted by Gasteiger charge is -2.11. The maximum atomic E-state index is 11.5. The van der Waals surface area contributed by atoms with Gasteiger partial charge in [-0.3, -0.25) is 9.79 Å². The number of carbonyl (C=O) groups is 3. The molecule has 1 saturated heterocycles. The van der Waals surface area contributed by atoms with Crippen LogP contribution >= 0.6 is 0 Å². The van der Waals surface area contributed by atoms with Crippen molar-refractivity contribution in [1.82, 2.24) is 0 Å². The summed E-state index contributed by atoms with van der Waals surface area (Å²) in [4.78, 5) is 36.7. The van der Waals surface area contributed by atoms with E-state index in [1.54, 1.807) is 0 Å². The Morgan fingerprint density at radius 2 is 2.12 bits per heavy atom. The largest absolute Gasteiger partial charge is 0.480 e. The van der Waals surface area contributed by atoms with Crippen LogP contribution < -0.4 is 0 Å². The molecule has 94 valence electrons.